The zero-order valence-corrected chi connectivity index (χ0v) is 23.2. The summed E-state index contributed by atoms with van der Waals surface area (Å²) in [5.41, 5.74) is 2.37. The van der Waals surface area contributed by atoms with Crippen molar-refractivity contribution < 1.29 is 28.9 Å². The van der Waals surface area contributed by atoms with Gasteiger partial charge in [-0.2, -0.15) is 0 Å². The molecule has 3 aromatic carbocycles. The SMILES string of the molecule is CCOc1cc(/C=C2/SC(=Nc3ccc(OC)cc3)N(CC)C2=O)cc(Cl)c1OCc1ccc(C(=O)O)cc1. The number of carboxylic acid groups (broad SMARTS) is 1. The number of aromatic carboxylic acids is 1. The molecule has 1 fully saturated rings. The Labute approximate surface area is 235 Å². The molecule has 1 heterocycles. The topological polar surface area (TPSA) is 97.7 Å². The molecule has 1 saturated heterocycles. The van der Waals surface area contributed by atoms with Crippen LogP contribution >= 0.6 is 23.4 Å². The molecule has 1 aliphatic heterocycles. The normalized spacial score (nSPS) is 15.2. The third kappa shape index (κ3) is 6.74. The lowest BCUT2D eigenvalue weighted by Crippen LogP contribution is -2.28. The van der Waals surface area contributed by atoms with Crippen molar-refractivity contribution in [3.05, 3.63) is 87.3 Å². The average molecular weight is 567 g/mol. The second kappa shape index (κ2) is 12.7. The van der Waals surface area contributed by atoms with Crippen LogP contribution in [-0.4, -0.2) is 47.3 Å². The molecule has 0 radical (unpaired) electrons. The lowest BCUT2D eigenvalue weighted by molar-refractivity contribution is -0.122. The van der Waals surface area contributed by atoms with E-state index in [2.05, 4.69) is 4.99 Å². The van der Waals surface area contributed by atoms with Gasteiger partial charge in [0.05, 0.1) is 34.9 Å². The first-order valence-electron chi connectivity index (χ1n) is 12.2. The summed E-state index contributed by atoms with van der Waals surface area (Å²) in [6.07, 6.45) is 1.76. The Morgan fingerprint density at radius 2 is 1.79 bits per heavy atom. The largest absolute Gasteiger partial charge is 0.497 e. The fourth-order valence-corrected chi connectivity index (χ4v) is 5.10. The third-order valence-electron chi connectivity index (χ3n) is 5.71. The van der Waals surface area contributed by atoms with E-state index in [0.717, 1.165) is 11.3 Å². The number of hydrogen-bond donors (Lipinski definition) is 1. The van der Waals surface area contributed by atoms with Crippen LogP contribution in [0.4, 0.5) is 5.69 Å². The van der Waals surface area contributed by atoms with Crippen molar-refractivity contribution in [1.29, 1.82) is 0 Å². The molecule has 0 atom stereocenters. The molecule has 1 N–H and O–H groups in total. The monoisotopic (exact) mass is 566 g/mol. The maximum Gasteiger partial charge on any atom is 0.335 e. The maximum atomic E-state index is 13.1. The number of carbonyl (C=O) groups excluding carboxylic acids is 1. The highest BCUT2D eigenvalue weighted by atomic mass is 35.5. The van der Waals surface area contributed by atoms with Gasteiger partial charge in [-0.1, -0.05) is 23.7 Å². The van der Waals surface area contributed by atoms with Crippen LogP contribution in [0.2, 0.25) is 5.02 Å². The lowest BCUT2D eigenvalue weighted by atomic mass is 10.1. The number of thioether (sulfide) groups is 1. The number of amidine groups is 1. The predicted molar refractivity (Wildman–Crippen MR) is 153 cm³/mol. The molecule has 202 valence electrons. The van der Waals surface area contributed by atoms with Crippen molar-refractivity contribution >= 4 is 52.2 Å². The standard InChI is InChI=1S/C29H27ClN2O6S/c1-4-32-27(33)25(39-29(32)31-21-10-12-22(36-3)13-11-21)16-19-14-23(30)26(24(15-19)37-5-2)38-17-18-6-8-20(9-7-18)28(34)35/h6-16H,4-5,17H2,1-3H3,(H,34,35)/b25-16+,31-29?. The molecule has 39 heavy (non-hydrogen) atoms. The number of likely N-dealkylation sites (N-methyl/N-ethyl adjacent to an activating group) is 1. The van der Waals surface area contributed by atoms with Crippen LogP contribution in [0.5, 0.6) is 17.2 Å². The molecule has 4 rings (SSSR count). The quantitative estimate of drug-likeness (QED) is 0.274. The van der Waals surface area contributed by atoms with Gasteiger partial charge in [-0.05, 0) is 91.3 Å². The number of halogens is 1. The lowest BCUT2D eigenvalue weighted by Gasteiger charge is -2.15. The van der Waals surface area contributed by atoms with E-state index in [0.29, 0.717) is 51.0 Å². The molecule has 8 nitrogen and oxygen atoms in total. The fourth-order valence-electron chi connectivity index (χ4n) is 3.76. The summed E-state index contributed by atoms with van der Waals surface area (Å²) in [7, 11) is 1.60. The number of methoxy groups -OCH3 is 1. The number of amides is 1. The first kappa shape index (κ1) is 28.1. The zero-order valence-electron chi connectivity index (χ0n) is 21.6. The van der Waals surface area contributed by atoms with Gasteiger partial charge < -0.3 is 19.3 Å². The van der Waals surface area contributed by atoms with Crippen molar-refractivity contribution in [3.8, 4) is 17.2 Å². The Morgan fingerprint density at radius 3 is 2.41 bits per heavy atom. The summed E-state index contributed by atoms with van der Waals surface area (Å²) in [6.45, 7) is 4.78. The van der Waals surface area contributed by atoms with Gasteiger partial charge in [-0.3, -0.25) is 9.69 Å². The number of benzene rings is 3. The van der Waals surface area contributed by atoms with Crippen molar-refractivity contribution in [2.75, 3.05) is 20.3 Å². The number of aliphatic imine (C=N–C) groups is 1. The summed E-state index contributed by atoms with van der Waals surface area (Å²) >= 11 is 7.88. The Bertz CT molecular complexity index is 1420. The van der Waals surface area contributed by atoms with Gasteiger partial charge in [0, 0.05) is 6.54 Å². The molecule has 10 heteroatoms. The van der Waals surface area contributed by atoms with Gasteiger partial charge in [0.2, 0.25) is 0 Å². The van der Waals surface area contributed by atoms with Gasteiger partial charge >= 0.3 is 5.97 Å². The Kier molecular flexibility index (Phi) is 9.16. The number of carbonyl (C=O) groups is 2. The van der Waals surface area contributed by atoms with Crippen LogP contribution in [0, 0.1) is 0 Å². The van der Waals surface area contributed by atoms with E-state index in [1.807, 2.05) is 38.1 Å². The van der Waals surface area contributed by atoms with Crippen LogP contribution in [0.3, 0.4) is 0 Å². The van der Waals surface area contributed by atoms with Gasteiger partial charge in [-0.15, -0.1) is 0 Å². The van der Waals surface area contributed by atoms with E-state index in [-0.39, 0.29) is 18.1 Å². The number of nitrogens with zero attached hydrogens (tertiary/aromatic N) is 2. The van der Waals surface area contributed by atoms with Gasteiger partial charge in [0.25, 0.3) is 5.91 Å². The van der Waals surface area contributed by atoms with Gasteiger partial charge in [0.15, 0.2) is 16.7 Å². The minimum atomic E-state index is -0.992. The molecule has 0 aromatic heterocycles. The van der Waals surface area contributed by atoms with Gasteiger partial charge in [0.1, 0.15) is 12.4 Å². The van der Waals surface area contributed by atoms with E-state index in [1.165, 1.54) is 23.9 Å². The predicted octanol–water partition coefficient (Wildman–Crippen LogP) is 6.65. The molecule has 0 unspecified atom stereocenters. The van der Waals surface area contributed by atoms with Crippen LogP contribution in [0.15, 0.2) is 70.6 Å². The van der Waals surface area contributed by atoms with E-state index >= 15 is 0 Å². The summed E-state index contributed by atoms with van der Waals surface area (Å²) in [5, 5.41) is 9.99. The highest BCUT2D eigenvalue weighted by molar-refractivity contribution is 8.18. The third-order valence-corrected chi connectivity index (χ3v) is 7.00. The molecule has 0 bridgehead atoms. The minimum Gasteiger partial charge on any atom is -0.497 e. The molecular weight excluding hydrogens is 540 g/mol. The van der Waals surface area contributed by atoms with E-state index < -0.39 is 5.97 Å². The van der Waals surface area contributed by atoms with E-state index in [1.54, 1.807) is 42.4 Å². The van der Waals surface area contributed by atoms with Gasteiger partial charge in [-0.25, -0.2) is 9.79 Å². The van der Waals surface area contributed by atoms with Crippen LogP contribution in [0.25, 0.3) is 6.08 Å². The highest BCUT2D eigenvalue weighted by Crippen LogP contribution is 2.40. The zero-order chi connectivity index (χ0) is 27.9. The summed E-state index contributed by atoms with van der Waals surface area (Å²) in [6, 6.07) is 17.2. The first-order valence-corrected chi connectivity index (χ1v) is 13.4. The highest BCUT2D eigenvalue weighted by Gasteiger charge is 2.32. The van der Waals surface area contributed by atoms with E-state index in [4.69, 9.17) is 30.9 Å². The Balaban J connectivity index is 1.57. The number of rotatable bonds is 10. The number of hydrogen-bond acceptors (Lipinski definition) is 7. The van der Waals surface area contributed by atoms with Crippen molar-refractivity contribution in [1.82, 2.24) is 4.90 Å². The van der Waals surface area contributed by atoms with Crippen molar-refractivity contribution in [3.63, 3.8) is 0 Å². The molecule has 0 aliphatic carbocycles. The second-order valence-electron chi connectivity index (χ2n) is 8.31. The maximum absolute atomic E-state index is 13.1. The first-order chi connectivity index (χ1) is 18.8. The molecular formula is C29H27ClN2O6S. The summed E-state index contributed by atoms with van der Waals surface area (Å²) in [4.78, 5) is 31.0. The second-order valence-corrected chi connectivity index (χ2v) is 9.72. The molecule has 1 aliphatic rings. The minimum absolute atomic E-state index is 0.144. The summed E-state index contributed by atoms with van der Waals surface area (Å²) in [5.74, 6) is 0.398. The Morgan fingerprint density at radius 1 is 1.08 bits per heavy atom. The Hall–Kier alpha value is -3.95. The average Bonchev–Trinajstić information content (AvgIpc) is 3.22. The van der Waals surface area contributed by atoms with E-state index in [9.17, 15) is 9.59 Å². The van der Waals surface area contributed by atoms with Crippen LogP contribution in [-0.2, 0) is 11.4 Å². The molecule has 3 aromatic rings. The number of ether oxygens (including phenoxy) is 3. The molecule has 0 spiro atoms. The summed E-state index contributed by atoms with van der Waals surface area (Å²) < 4.78 is 17.0. The van der Waals surface area contributed by atoms with Crippen LogP contribution < -0.4 is 14.2 Å². The molecule has 0 saturated carbocycles. The van der Waals surface area contributed by atoms with Crippen molar-refractivity contribution in [2.45, 2.75) is 20.5 Å². The smallest absolute Gasteiger partial charge is 0.335 e. The molecule has 1 amide bonds. The van der Waals surface area contributed by atoms with Crippen LogP contribution in [0.1, 0.15) is 35.3 Å². The number of carboxylic acids is 1. The van der Waals surface area contributed by atoms with Crippen molar-refractivity contribution in [2.24, 2.45) is 4.99 Å². The fraction of sp³-hybridized carbons (Fsp3) is 0.207.